The summed E-state index contributed by atoms with van der Waals surface area (Å²) in [5.74, 6) is 0.329. The van der Waals surface area contributed by atoms with Crippen molar-refractivity contribution in [1.29, 1.82) is 0 Å². The Morgan fingerprint density at radius 1 is 1.11 bits per heavy atom. The number of benzene rings is 2. The van der Waals surface area contributed by atoms with Crippen molar-refractivity contribution >= 4 is 23.4 Å². The van der Waals surface area contributed by atoms with Gasteiger partial charge in [0, 0.05) is 24.6 Å². The maximum atomic E-state index is 15.0. The predicted molar refractivity (Wildman–Crippen MR) is 130 cm³/mol. The Bertz CT molecular complexity index is 1330. The minimum Gasteiger partial charge on any atom is -0.339 e. The lowest BCUT2D eigenvalue weighted by Gasteiger charge is -2.47. The van der Waals surface area contributed by atoms with Gasteiger partial charge in [0.2, 0.25) is 11.8 Å². The van der Waals surface area contributed by atoms with E-state index in [0.717, 1.165) is 42.4 Å². The van der Waals surface area contributed by atoms with Gasteiger partial charge in [0.15, 0.2) is 0 Å². The lowest BCUT2D eigenvalue weighted by molar-refractivity contribution is -0.152. The fourth-order valence-corrected chi connectivity index (χ4v) is 5.42. The molecule has 2 saturated heterocycles. The zero-order valence-electron chi connectivity index (χ0n) is 20.4. The number of terminal acetylenes is 1. The SMILES string of the molecule is C#Cc1ccc(N2CC(=O)N(Cc3ccc(C(F)(F)F)cc3)C3(CCN(C(=O)C4CCC4)C3)C2=O)c(F)c1. The Kier molecular flexibility index (Phi) is 6.41. The highest BCUT2D eigenvalue weighted by atomic mass is 19.4. The fourth-order valence-electron chi connectivity index (χ4n) is 5.42. The van der Waals surface area contributed by atoms with Crippen LogP contribution in [0.5, 0.6) is 0 Å². The van der Waals surface area contributed by atoms with Crippen molar-refractivity contribution < 1.29 is 31.9 Å². The number of nitrogens with zero attached hydrogens (tertiary/aromatic N) is 3. The summed E-state index contributed by atoms with van der Waals surface area (Å²) in [6.45, 7) is -0.400. The molecular weight excluding hydrogens is 502 g/mol. The normalized spacial score (nSPS) is 22.1. The zero-order chi connectivity index (χ0) is 27.2. The molecule has 0 bridgehead atoms. The molecule has 3 amide bonds. The average Bonchev–Trinajstić information content (AvgIpc) is 3.29. The van der Waals surface area contributed by atoms with Crippen LogP contribution in [0.1, 0.15) is 42.4 Å². The van der Waals surface area contributed by atoms with Crippen molar-refractivity contribution in [1.82, 2.24) is 9.80 Å². The first-order chi connectivity index (χ1) is 18.0. The van der Waals surface area contributed by atoms with E-state index in [1.165, 1.54) is 29.2 Å². The number of likely N-dealkylation sites (tertiary alicyclic amines) is 1. The Morgan fingerprint density at radius 3 is 2.39 bits per heavy atom. The number of carbonyl (C=O) groups excluding carboxylic acids is 3. The van der Waals surface area contributed by atoms with Crippen LogP contribution in [0, 0.1) is 24.1 Å². The van der Waals surface area contributed by atoms with Gasteiger partial charge in [-0.1, -0.05) is 24.5 Å². The van der Waals surface area contributed by atoms with Gasteiger partial charge < -0.3 is 9.80 Å². The average molecular weight is 528 g/mol. The molecule has 1 aliphatic carbocycles. The molecule has 1 atom stereocenters. The molecule has 0 aromatic heterocycles. The lowest BCUT2D eigenvalue weighted by atomic mass is 9.84. The Labute approximate surface area is 217 Å². The molecular formula is C28H25F4N3O3. The van der Waals surface area contributed by atoms with Crippen molar-refractivity contribution in [3.63, 3.8) is 0 Å². The summed E-state index contributed by atoms with van der Waals surface area (Å²) in [5, 5.41) is 0. The van der Waals surface area contributed by atoms with E-state index in [1.54, 1.807) is 4.90 Å². The second kappa shape index (κ2) is 9.46. The number of amides is 3. The first-order valence-electron chi connectivity index (χ1n) is 12.4. The van der Waals surface area contributed by atoms with Crippen LogP contribution >= 0.6 is 0 Å². The number of hydrogen-bond donors (Lipinski definition) is 0. The summed E-state index contributed by atoms with van der Waals surface area (Å²) in [5.41, 5.74) is -1.72. The summed E-state index contributed by atoms with van der Waals surface area (Å²) in [4.78, 5) is 44.6. The number of alkyl halides is 3. The lowest BCUT2D eigenvalue weighted by Crippen LogP contribution is -2.69. The summed E-state index contributed by atoms with van der Waals surface area (Å²) in [6.07, 6.45) is 3.45. The number of carbonyl (C=O) groups is 3. The van der Waals surface area contributed by atoms with Gasteiger partial charge >= 0.3 is 6.18 Å². The molecule has 1 unspecified atom stereocenters. The zero-order valence-corrected chi connectivity index (χ0v) is 20.4. The number of hydrogen-bond acceptors (Lipinski definition) is 3. The van der Waals surface area contributed by atoms with E-state index in [4.69, 9.17) is 6.42 Å². The van der Waals surface area contributed by atoms with E-state index in [2.05, 4.69) is 5.92 Å². The minimum atomic E-state index is -4.51. The molecule has 5 rings (SSSR count). The molecule has 0 radical (unpaired) electrons. The highest BCUT2D eigenvalue weighted by Crippen LogP contribution is 2.39. The van der Waals surface area contributed by atoms with Crippen molar-refractivity contribution in [3.05, 3.63) is 65.0 Å². The molecule has 2 aromatic carbocycles. The second-order valence-corrected chi connectivity index (χ2v) is 10.0. The molecule has 2 heterocycles. The van der Waals surface area contributed by atoms with Gasteiger partial charge in [-0.15, -0.1) is 6.42 Å². The van der Waals surface area contributed by atoms with Gasteiger partial charge in [-0.05, 0) is 55.2 Å². The van der Waals surface area contributed by atoms with Crippen LogP contribution in [0.3, 0.4) is 0 Å². The number of halogens is 4. The first-order valence-corrected chi connectivity index (χ1v) is 12.4. The maximum Gasteiger partial charge on any atom is 0.416 e. The van der Waals surface area contributed by atoms with Crippen molar-refractivity contribution in [3.8, 4) is 12.3 Å². The van der Waals surface area contributed by atoms with Crippen LogP contribution < -0.4 is 4.90 Å². The number of rotatable bonds is 4. The third-order valence-corrected chi connectivity index (χ3v) is 7.80. The number of anilines is 1. The minimum absolute atomic E-state index is 0.0614. The third kappa shape index (κ3) is 4.40. The smallest absolute Gasteiger partial charge is 0.339 e. The quantitative estimate of drug-likeness (QED) is 0.447. The van der Waals surface area contributed by atoms with Crippen molar-refractivity contribution in [2.75, 3.05) is 24.5 Å². The topological polar surface area (TPSA) is 60.9 Å². The Balaban J connectivity index is 1.49. The largest absolute Gasteiger partial charge is 0.416 e. The highest BCUT2D eigenvalue weighted by molar-refractivity contribution is 6.10. The van der Waals surface area contributed by atoms with E-state index >= 15 is 0 Å². The van der Waals surface area contributed by atoms with Crippen LogP contribution in [-0.4, -0.2) is 52.7 Å². The third-order valence-electron chi connectivity index (χ3n) is 7.80. The molecule has 1 spiro atoms. The molecule has 2 aliphatic heterocycles. The molecule has 0 N–H and O–H groups in total. The standard InChI is InChI=1S/C28H25F4N3O3/c1-2-18-8-11-23(22(29)14-18)34-16-24(36)35(15-19-6-9-21(10-7-19)28(30,31)32)27(26(34)38)12-13-33(17-27)25(37)20-4-3-5-20/h1,6-11,14,20H,3-5,12-13,15-17H2. The molecule has 6 nitrogen and oxygen atoms in total. The van der Waals surface area contributed by atoms with Gasteiger partial charge in [0.25, 0.3) is 5.91 Å². The summed E-state index contributed by atoms with van der Waals surface area (Å²) in [7, 11) is 0. The van der Waals surface area contributed by atoms with Gasteiger partial charge in [-0.3, -0.25) is 19.3 Å². The number of piperazine rings is 1. The second-order valence-electron chi connectivity index (χ2n) is 10.0. The van der Waals surface area contributed by atoms with Gasteiger partial charge in [0.05, 0.1) is 17.8 Å². The van der Waals surface area contributed by atoms with E-state index in [1.807, 2.05) is 0 Å². The predicted octanol–water partition coefficient (Wildman–Crippen LogP) is 3.97. The monoisotopic (exact) mass is 527 g/mol. The van der Waals surface area contributed by atoms with E-state index in [9.17, 15) is 31.9 Å². The molecule has 198 valence electrons. The molecule has 1 saturated carbocycles. The van der Waals surface area contributed by atoms with E-state index in [-0.39, 0.29) is 49.1 Å². The van der Waals surface area contributed by atoms with Crippen LogP contribution in [0.4, 0.5) is 23.2 Å². The first kappa shape index (κ1) is 25.8. The summed E-state index contributed by atoms with van der Waals surface area (Å²) in [6, 6.07) is 8.31. The van der Waals surface area contributed by atoms with Crippen LogP contribution in [0.15, 0.2) is 42.5 Å². The Hall–Kier alpha value is -3.87. The fraction of sp³-hybridized carbons (Fsp3) is 0.393. The molecule has 2 aromatic rings. The molecule has 3 fully saturated rings. The molecule has 10 heteroatoms. The molecule has 3 aliphatic rings. The highest BCUT2D eigenvalue weighted by Gasteiger charge is 2.57. The Morgan fingerprint density at radius 2 is 1.82 bits per heavy atom. The van der Waals surface area contributed by atoms with Crippen LogP contribution in [-0.2, 0) is 27.1 Å². The summed E-state index contributed by atoms with van der Waals surface area (Å²) >= 11 is 0. The van der Waals surface area contributed by atoms with Crippen molar-refractivity contribution in [2.45, 2.75) is 43.9 Å². The van der Waals surface area contributed by atoms with Gasteiger partial charge in [-0.2, -0.15) is 13.2 Å². The maximum absolute atomic E-state index is 15.0. The van der Waals surface area contributed by atoms with E-state index < -0.39 is 41.5 Å². The molecule has 38 heavy (non-hydrogen) atoms. The van der Waals surface area contributed by atoms with Crippen molar-refractivity contribution in [2.24, 2.45) is 5.92 Å². The van der Waals surface area contributed by atoms with E-state index in [0.29, 0.717) is 5.56 Å². The van der Waals surface area contributed by atoms with Gasteiger partial charge in [-0.25, -0.2) is 4.39 Å². The van der Waals surface area contributed by atoms with Crippen LogP contribution in [0.25, 0.3) is 0 Å². The van der Waals surface area contributed by atoms with Gasteiger partial charge in [0.1, 0.15) is 17.9 Å². The summed E-state index contributed by atoms with van der Waals surface area (Å²) < 4.78 is 54.1. The van der Waals surface area contributed by atoms with Crippen LogP contribution in [0.2, 0.25) is 0 Å².